The van der Waals surface area contributed by atoms with Crippen LogP contribution in [-0.2, 0) is 5.75 Å². The third-order valence-electron chi connectivity index (χ3n) is 3.20. The number of rotatable bonds is 4. The molecule has 0 saturated carbocycles. The number of ether oxygens (including phenoxy) is 1. The van der Waals surface area contributed by atoms with Crippen LogP contribution in [0.15, 0.2) is 59.5 Å². The van der Waals surface area contributed by atoms with E-state index in [9.17, 15) is 0 Å². The minimum absolute atomic E-state index is 0.566. The first-order valence-electron chi connectivity index (χ1n) is 6.58. The zero-order chi connectivity index (χ0) is 14.7. The minimum Gasteiger partial charge on any atom is -0.496 e. The predicted molar refractivity (Wildman–Crippen MR) is 89.3 cm³/mol. The number of methoxy groups -OCH3 is 1. The summed E-state index contributed by atoms with van der Waals surface area (Å²) in [7, 11) is 1.68. The van der Waals surface area contributed by atoms with E-state index in [2.05, 4.69) is 17.1 Å². The Balaban J connectivity index is 1.86. The molecule has 0 unspecified atom stereocenters. The summed E-state index contributed by atoms with van der Waals surface area (Å²) in [6, 6.07) is 18.1. The second-order valence-corrected chi connectivity index (χ2v) is 5.95. The summed E-state index contributed by atoms with van der Waals surface area (Å²) >= 11 is 7.99. The van der Waals surface area contributed by atoms with E-state index in [0.717, 1.165) is 32.9 Å². The lowest BCUT2D eigenvalue weighted by atomic mass is 10.2. The Kier molecular flexibility index (Phi) is 4.32. The quantitative estimate of drug-likeness (QED) is 0.488. The van der Waals surface area contributed by atoms with E-state index in [1.165, 1.54) is 0 Å². The van der Waals surface area contributed by atoms with E-state index in [-0.39, 0.29) is 0 Å². The molecule has 0 radical (unpaired) electrons. The fourth-order valence-corrected chi connectivity index (χ4v) is 3.42. The van der Waals surface area contributed by atoms with Crippen LogP contribution in [0.4, 0.5) is 0 Å². The van der Waals surface area contributed by atoms with Crippen LogP contribution in [0.2, 0.25) is 5.15 Å². The van der Waals surface area contributed by atoms with Crippen molar-refractivity contribution in [2.75, 3.05) is 7.11 Å². The normalized spacial score (nSPS) is 10.8. The molecule has 0 atom stereocenters. The predicted octanol–water partition coefficient (Wildman–Crippen LogP) is 5.19. The van der Waals surface area contributed by atoms with E-state index in [4.69, 9.17) is 16.3 Å². The zero-order valence-electron chi connectivity index (χ0n) is 11.5. The summed E-state index contributed by atoms with van der Waals surface area (Å²) in [6.07, 6.45) is 0. The third kappa shape index (κ3) is 3.14. The number of nitrogens with zero attached hydrogens (tertiary/aromatic N) is 1. The maximum atomic E-state index is 6.29. The van der Waals surface area contributed by atoms with E-state index < -0.39 is 0 Å². The summed E-state index contributed by atoms with van der Waals surface area (Å²) in [5.41, 5.74) is 1.96. The molecule has 0 aliphatic heterocycles. The Labute approximate surface area is 133 Å². The molecule has 0 saturated heterocycles. The van der Waals surface area contributed by atoms with Gasteiger partial charge in [0.15, 0.2) is 0 Å². The molecule has 1 heterocycles. The number of benzene rings is 2. The zero-order valence-corrected chi connectivity index (χ0v) is 13.1. The molecule has 2 nitrogen and oxygen atoms in total. The van der Waals surface area contributed by atoms with Crippen LogP contribution in [0.25, 0.3) is 10.9 Å². The molecule has 0 spiro atoms. The number of thioether (sulfide) groups is 1. The molecule has 4 heteroatoms. The molecular weight excluding hydrogens is 302 g/mol. The fourth-order valence-electron chi connectivity index (χ4n) is 2.13. The molecule has 21 heavy (non-hydrogen) atoms. The topological polar surface area (TPSA) is 22.1 Å². The number of fused-ring (bicyclic) bond motifs is 1. The number of hydrogen-bond donors (Lipinski definition) is 0. The van der Waals surface area contributed by atoms with Crippen LogP contribution in [-0.4, -0.2) is 12.1 Å². The summed E-state index contributed by atoms with van der Waals surface area (Å²) in [6.45, 7) is 0. The summed E-state index contributed by atoms with van der Waals surface area (Å²) < 4.78 is 5.36. The lowest BCUT2D eigenvalue weighted by Crippen LogP contribution is -1.90. The lowest BCUT2D eigenvalue weighted by Gasteiger charge is -2.09. The number of halogens is 1. The summed E-state index contributed by atoms with van der Waals surface area (Å²) in [4.78, 5) is 5.55. The Morgan fingerprint density at radius 2 is 1.86 bits per heavy atom. The van der Waals surface area contributed by atoms with Crippen molar-refractivity contribution in [2.45, 2.75) is 10.6 Å². The monoisotopic (exact) mass is 315 g/mol. The summed E-state index contributed by atoms with van der Waals surface area (Å²) in [5, 5.41) is 1.67. The van der Waals surface area contributed by atoms with Crippen LogP contribution >= 0.6 is 23.4 Å². The molecule has 0 amide bonds. The number of aromatic nitrogens is 1. The van der Waals surface area contributed by atoms with Crippen LogP contribution in [0.3, 0.4) is 0 Å². The molecule has 1 aromatic heterocycles. The molecule has 106 valence electrons. The SMILES string of the molecule is COc1ccccc1SCc1cc2ccccc2nc1Cl. The van der Waals surface area contributed by atoms with E-state index in [0.29, 0.717) is 5.15 Å². The summed E-state index contributed by atoms with van der Waals surface area (Å²) in [5.74, 6) is 1.64. The van der Waals surface area contributed by atoms with Crippen molar-refractivity contribution >= 4 is 34.3 Å². The second kappa shape index (κ2) is 6.37. The maximum Gasteiger partial charge on any atom is 0.133 e. The smallest absolute Gasteiger partial charge is 0.133 e. The second-order valence-electron chi connectivity index (χ2n) is 4.57. The van der Waals surface area contributed by atoms with Crippen LogP contribution in [0, 0.1) is 0 Å². The molecule has 3 aromatic rings. The first-order valence-corrected chi connectivity index (χ1v) is 7.94. The van der Waals surface area contributed by atoms with Gasteiger partial charge in [-0.25, -0.2) is 4.98 Å². The van der Waals surface area contributed by atoms with E-state index in [1.54, 1.807) is 18.9 Å². The highest BCUT2D eigenvalue weighted by Gasteiger charge is 2.08. The van der Waals surface area contributed by atoms with Gasteiger partial charge in [0.05, 0.1) is 12.6 Å². The highest BCUT2D eigenvalue weighted by Crippen LogP contribution is 2.33. The Bertz CT molecular complexity index is 776. The molecule has 3 rings (SSSR count). The van der Waals surface area contributed by atoms with Gasteiger partial charge in [0.1, 0.15) is 10.9 Å². The van der Waals surface area contributed by atoms with Gasteiger partial charge in [0, 0.05) is 21.6 Å². The van der Waals surface area contributed by atoms with Gasteiger partial charge in [-0.2, -0.15) is 0 Å². The number of hydrogen-bond acceptors (Lipinski definition) is 3. The van der Waals surface area contributed by atoms with Gasteiger partial charge in [0.25, 0.3) is 0 Å². The first-order chi connectivity index (χ1) is 10.3. The van der Waals surface area contributed by atoms with Gasteiger partial charge in [-0.1, -0.05) is 41.9 Å². The van der Waals surface area contributed by atoms with Crippen molar-refractivity contribution in [3.63, 3.8) is 0 Å². The van der Waals surface area contributed by atoms with Crippen molar-refractivity contribution < 1.29 is 4.74 Å². The van der Waals surface area contributed by atoms with Crippen LogP contribution < -0.4 is 4.74 Å². The maximum absolute atomic E-state index is 6.29. The standard InChI is InChI=1S/C17H14ClNOS/c1-20-15-8-4-5-9-16(15)21-11-13-10-12-6-2-3-7-14(12)19-17(13)18/h2-10H,11H2,1H3. The van der Waals surface area contributed by atoms with Gasteiger partial charge >= 0.3 is 0 Å². The number of pyridine rings is 1. The van der Waals surface area contributed by atoms with Crippen molar-refractivity contribution in [2.24, 2.45) is 0 Å². The molecule has 0 bridgehead atoms. The Morgan fingerprint density at radius 3 is 2.71 bits per heavy atom. The molecule has 0 fully saturated rings. The fraction of sp³-hybridized carbons (Fsp3) is 0.118. The molecule has 0 aliphatic rings. The number of para-hydroxylation sites is 2. The van der Waals surface area contributed by atoms with Crippen molar-refractivity contribution in [3.05, 3.63) is 65.3 Å². The molecule has 0 N–H and O–H groups in total. The van der Waals surface area contributed by atoms with E-state index >= 15 is 0 Å². The lowest BCUT2D eigenvalue weighted by molar-refractivity contribution is 0.405. The van der Waals surface area contributed by atoms with Crippen molar-refractivity contribution in [1.82, 2.24) is 4.98 Å². The van der Waals surface area contributed by atoms with E-state index in [1.807, 2.05) is 42.5 Å². The average molecular weight is 316 g/mol. The van der Waals surface area contributed by atoms with Crippen LogP contribution in [0.1, 0.15) is 5.56 Å². The van der Waals surface area contributed by atoms with Gasteiger partial charge < -0.3 is 4.74 Å². The van der Waals surface area contributed by atoms with Gasteiger partial charge in [0.2, 0.25) is 0 Å². The largest absolute Gasteiger partial charge is 0.496 e. The van der Waals surface area contributed by atoms with Gasteiger partial charge in [-0.15, -0.1) is 11.8 Å². The molecule has 2 aromatic carbocycles. The highest BCUT2D eigenvalue weighted by atomic mass is 35.5. The average Bonchev–Trinajstić information content (AvgIpc) is 2.53. The first kappa shape index (κ1) is 14.2. The van der Waals surface area contributed by atoms with Crippen LogP contribution in [0.5, 0.6) is 5.75 Å². The highest BCUT2D eigenvalue weighted by molar-refractivity contribution is 7.98. The Hall–Kier alpha value is -1.71. The Morgan fingerprint density at radius 1 is 1.10 bits per heavy atom. The van der Waals surface area contributed by atoms with Gasteiger partial charge in [-0.05, 0) is 24.3 Å². The molecule has 0 aliphatic carbocycles. The minimum atomic E-state index is 0.566. The third-order valence-corrected chi connectivity index (χ3v) is 4.63. The van der Waals surface area contributed by atoms with Gasteiger partial charge in [-0.3, -0.25) is 0 Å². The molecular formula is C17H14ClNOS. The van der Waals surface area contributed by atoms with Crippen molar-refractivity contribution in [1.29, 1.82) is 0 Å². The van der Waals surface area contributed by atoms with Crippen molar-refractivity contribution in [3.8, 4) is 5.75 Å².